The summed E-state index contributed by atoms with van der Waals surface area (Å²) in [6.45, 7) is 2.59. The summed E-state index contributed by atoms with van der Waals surface area (Å²) in [4.78, 5) is 32.5. The number of benzene rings is 2. The van der Waals surface area contributed by atoms with Crippen LogP contribution < -0.4 is 4.90 Å². The van der Waals surface area contributed by atoms with Crippen LogP contribution in [0, 0.1) is 0 Å². The van der Waals surface area contributed by atoms with Crippen molar-refractivity contribution in [1.82, 2.24) is 14.7 Å². The van der Waals surface area contributed by atoms with E-state index in [1.807, 2.05) is 29.2 Å². The summed E-state index contributed by atoms with van der Waals surface area (Å²) in [5.74, 6) is 0.0681. The Balaban J connectivity index is 1.50. The SMILES string of the molecule is CN(C)C(=O)N(C)c1ccc(C(=O)N2CCC(N(C)CCc3ccccc3)CC2)cc1. The van der Waals surface area contributed by atoms with E-state index in [9.17, 15) is 9.59 Å². The molecule has 166 valence electrons. The zero-order chi connectivity index (χ0) is 22.4. The van der Waals surface area contributed by atoms with Gasteiger partial charge >= 0.3 is 6.03 Å². The van der Waals surface area contributed by atoms with Crippen molar-refractivity contribution in [1.29, 1.82) is 0 Å². The molecule has 2 aromatic carbocycles. The second-order valence-electron chi connectivity index (χ2n) is 8.52. The summed E-state index contributed by atoms with van der Waals surface area (Å²) >= 11 is 0. The fourth-order valence-corrected chi connectivity index (χ4v) is 4.06. The van der Waals surface area contributed by atoms with Gasteiger partial charge in [0.1, 0.15) is 0 Å². The number of urea groups is 1. The molecule has 0 unspecified atom stereocenters. The van der Waals surface area contributed by atoms with Crippen LogP contribution in [0.25, 0.3) is 0 Å². The van der Waals surface area contributed by atoms with Crippen LogP contribution in [-0.2, 0) is 6.42 Å². The summed E-state index contributed by atoms with van der Waals surface area (Å²) in [5, 5.41) is 0. The van der Waals surface area contributed by atoms with Crippen molar-refractivity contribution in [3.63, 3.8) is 0 Å². The number of hydrogen-bond donors (Lipinski definition) is 0. The molecule has 6 nitrogen and oxygen atoms in total. The smallest absolute Gasteiger partial charge is 0.323 e. The first kappa shape index (κ1) is 22.8. The van der Waals surface area contributed by atoms with Crippen LogP contribution in [0.4, 0.5) is 10.5 Å². The van der Waals surface area contributed by atoms with E-state index >= 15 is 0 Å². The van der Waals surface area contributed by atoms with Gasteiger partial charge in [-0.1, -0.05) is 30.3 Å². The topological polar surface area (TPSA) is 47.1 Å². The lowest BCUT2D eigenvalue weighted by atomic mass is 10.0. The van der Waals surface area contributed by atoms with E-state index in [0.29, 0.717) is 11.6 Å². The largest absolute Gasteiger partial charge is 0.339 e. The van der Waals surface area contributed by atoms with Crippen LogP contribution in [0.15, 0.2) is 54.6 Å². The number of likely N-dealkylation sites (tertiary alicyclic amines) is 1. The van der Waals surface area contributed by atoms with Crippen molar-refractivity contribution >= 4 is 17.6 Å². The Kier molecular flexibility index (Phi) is 7.69. The minimum absolute atomic E-state index is 0.0681. The highest BCUT2D eigenvalue weighted by Gasteiger charge is 2.26. The number of amides is 3. The first-order chi connectivity index (χ1) is 14.9. The van der Waals surface area contributed by atoms with Crippen LogP contribution in [0.1, 0.15) is 28.8 Å². The van der Waals surface area contributed by atoms with Crippen molar-refractivity contribution in [2.24, 2.45) is 0 Å². The molecule has 2 aromatic rings. The number of piperidine rings is 1. The Morgan fingerprint density at radius 3 is 2.10 bits per heavy atom. The molecule has 0 atom stereocenters. The van der Waals surface area contributed by atoms with E-state index in [2.05, 4.69) is 42.3 Å². The molecule has 1 saturated heterocycles. The van der Waals surface area contributed by atoms with Crippen molar-refractivity contribution in [3.8, 4) is 0 Å². The molecule has 0 bridgehead atoms. The van der Waals surface area contributed by atoms with Crippen molar-refractivity contribution in [3.05, 3.63) is 65.7 Å². The van der Waals surface area contributed by atoms with Crippen molar-refractivity contribution < 1.29 is 9.59 Å². The zero-order valence-electron chi connectivity index (χ0n) is 19.1. The third kappa shape index (κ3) is 5.85. The summed E-state index contributed by atoms with van der Waals surface area (Å²) in [6, 6.07) is 18.3. The maximum Gasteiger partial charge on any atom is 0.323 e. The van der Waals surface area contributed by atoms with E-state index in [4.69, 9.17) is 0 Å². The van der Waals surface area contributed by atoms with Gasteiger partial charge < -0.3 is 14.7 Å². The molecule has 0 saturated carbocycles. The molecular formula is C25H34N4O2. The highest BCUT2D eigenvalue weighted by Crippen LogP contribution is 2.20. The van der Waals surface area contributed by atoms with E-state index < -0.39 is 0 Å². The van der Waals surface area contributed by atoms with Crippen LogP contribution >= 0.6 is 0 Å². The van der Waals surface area contributed by atoms with Gasteiger partial charge in [-0.05, 0) is 56.1 Å². The summed E-state index contributed by atoms with van der Waals surface area (Å²) in [5.41, 5.74) is 2.81. The fraction of sp³-hybridized carbons (Fsp3) is 0.440. The monoisotopic (exact) mass is 422 g/mol. The Bertz CT molecular complexity index is 859. The normalized spacial score (nSPS) is 14.5. The number of likely N-dealkylation sites (N-methyl/N-ethyl adjacent to an activating group) is 1. The van der Waals surface area contributed by atoms with Gasteiger partial charge in [0.2, 0.25) is 0 Å². The molecule has 1 fully saturated rings. The quantitative estimate of drug-likeness (QED) is 0.715. The van der Waals surface area contributed by atoms with Gasteiger partial charge in [-0.2, -0.15) is 0 Å². The molecular weight excluding hydrogens is 388 g/mol. The van der Waals surface area contributed by atoms with Crippen LogP contribution in [0.5, 0.6) is 0 Å². The van der Waals surface area contributed by atoms with Gasteiger partial charge in [-0.25, -0.2) is 4.79 Å². The van der Waals surface area contributed by atoms with Gasteiger partial charge in [0.05, 0.1) is 0 Å². The maximum absolute atomic E-state index is 12.9. The fourth-order valence-electron chi connectivity index (χ4n) is 4.06. The molecule has 0 aromatic heterocycles. The molecule has 3 rings (SSSR count). The maximum atomic E-state index is 12.9. The van der Waals surface area contributed by atoms with E-state index in [0.717, 1.165) is 44.6 Å². The van der Waals surface area contributed by atoms with Gasteiger partial charge in [-0.15, -0.1) is 0 Å². The summed E-state index contributed by atoms with van der Waals surface area (Å²) in [7, 11) is 7.37. The average Bonchev–Trinajstić information content (AvgIpc) is 2.82. The minimum Gasteiger partial charge on any atom is -0.339 e. The lowest BCUT2D eigenvalue weighted by Crippen LogP contribution is -2.46. The molecule has 3 amide bonds. The molecule has 0 spiro atoms. The highest BCUT2D eigenvalue weighted by molar-refractivity contribution is 5.96. The number of carbonyl (C=O) groups excluding carboxylic acids is 2. The molecule has 0 N–H and O–H groups in total. The van der Waals surface area contributed by atoms with Crippen molar-refractivity contribution in [2.75, 3.05) is 52.7 Å². The van der Waals surface area contributed by atoms with E-state index in [1.54, 1.807) is 26.0 Å². The molecule has 1 aliphatic heterocycles. The van der Waals surface area contributed by atoms with Crippen molar-refractivity contribution in [2.45, 2.75) is 25.3 Å². The molecule has 0 aliphatic carbocycles. The number of anilines is 1. The van der Waals surface area contributed by atoms with Crippen LogP contribution in [0.2, 0.25) is 0 Å². The third-order valence-corrected chi connectivity index (χ3v) is 6.14. The molecule has 1 heterocycles. The summed E-state index contributed by atoms with van der Waals surface area (Å²) in [6.07, 6.45) is 3.04. The second kappa shape index (κ2) is 10.4. The number of rotatable bonds is 6. The van der Waals surface area contributed by atoms with Gasteiger partial charge in [-0.3, -0.25) is 9.69 Å². The average molecular weight is 423 g/mol. The number of carbonyl (C=O) groups is 2. The third-order valence-electron chi connectivity index (χ3n) is 6.14. The van der Waals surface area contributed by atoms with Gasteiger partial charge in [0, 0.05) is 58.1 Å². The minimum atomic E-state index is -0.0995. The first-order valence-corrected chi connectivity index (χ1v) is 11.0. The lowest BCUT2D eigenvalue weighted by molar-refractivity contribution is 0.0647. The molecule has 6 heteroatoms. The predicted octanol–water partition coefficient (Wildman–Crippen LogP) is 3.58. The second-order valence-corrected chi connectivity index (χ2v) is 8.52. The Morgan fingerprint density at radius 1 is 0.903 bits per heavy atom. The standard InChI is InChI=1S/C25H34N4O2/c1-26(2)25(31)28(4)23-12-10-21(11-13-23)24(30)29-18-15-22(16-19-29)27(3)17-14-20-8-6-5-7-9-20/h5-13,22H,14-19H2,1-4H3. The Hall–Kier alpha value is -2.86. The van der Waals surface area contributed by atoms with Gasteiger partial charge in [0.15, 0.2) is 0 Å². The highest BCUT2D eigenvalue weighted by atomic mass is 16.2. The predicted molar refractivity (Wildman–Crippen MR) is 126 cm³/mol. The molecule has 1 aliphatic rings. The number of hydrogen-bond acceptors (Lipinski definition) is 3. The van der Waals surface area contributed by atoms with Crippen LogP contribution in [0.3, 0.4) is 0 Å². The van der Waals surface area contributed by atoms with Gasteiger partial charge in [0.25, 0.3) is 5.91 Å². The molecule has 0 radical (unpaired) electrons. The van der Waals surface area contributed by atoms with E-state index in [-0.39, 0.29) is 11.9 Å². The van der Waals surface area contributed by atoms with Crippen LogP contribution in [-0.4, -0.2) is 80.5 Å². The summed E-state index contributed by atoms with van der Waals surface area (Å²) < 4.78 is 0. The number of nitrogens with zero attached hydrogens (tertiary/aromatic N) is 4. The first-order valence-electron chi connectivity index (χ1n) is 11.0. The van der Waals surface area contributed by atoms with E-state index in [1.165, 1.54) is 10.5 Å². The molecule has 31 heavy (non-hydrogen) atoms. The zero-order valence-corrected chi connectivity index (χ0v) is 19.1. The Morgan fingerprint density at radius 2 is 1.52 bits per heavy atom. The lowest BCUT2D eigenvalue weighted by Gasteiger charge is -2.37. The Labute approximate surface area is 186 Å².